The number of rotatable bonds is 5. The molecule has 0 saturated carbocycles. The highest BCUT2D eigenvalue weighted by Gasteiger charge is 2.18. The van der Waals surface area contributed by atoms with Crippen LogP contribution >= 0.6 is 0 Å². The first-order valence-corrected chi connectivity index (χ1v) is 8.19. The number of nitrogens with one attached hydrogen (secondary N) is 1. The summed E-state index contributed by atoms with van der Waals surface area (Å²) in [7, 11) is 3.88. The predicted molar refractivity (Wildman–Crippen MR) is 93.1 cm³/mol. The molecule has 2 aromatic rings. The molecule has 0 radical (unpaired) electrons. The molecule has 1 fully saturated rings. The summed E-state index contributed by atoms with van der Waals surface area (Å²) in [6.07, 6.45) is 4.36. The van der Waals surface area contributed by atoms with Crippen LogP contribution < -0.4 is 5.32 Å². The van der Waals surface area contributed by atoms with Crippen molar-refractivity contribution in [2.24, 2.45) is 10.9 Å². The summed E-state index contributed by atoms with van der Waals surface area (Å²) in [5, 5.41) is 7.59. The van der Waals surface area contributed by atoms with Gasteiger partial charge >= 0.3 is 0 Å². The molecule has 128 valence electrons. The highest BCUT2D eigenvalue weighted by molar-refractivity contribution is 5.79. The Balaban J connectivity index is 1.58. The van der Waals surface area contributed by atoms with E-state index in [0.29, 0.717) is 12.5 Å². The van der Waals surface area contributed by atoms with E-state index in [0.717, 1.165) is 37.8 Å². The molecular weight excluding hydrogens is 304 g/mol. The van der Waals surface area contributed by atoms with Crippen molar-refractivity contribution >= 4 is 5.96 Å². The molecule has 1 atom stereocenters. The number of aliphatic imine (C=N–C) groups is 1. The van der Waals surface area contributed by atoms with Gasteiger partial charge in [0.1, 0.15) is 12.7 Å². The minimum atomic E-state index is 0.587. The molecule has 1 N–H and O–H groups in total. The normalized spacial score (nSPS) is 17.9. The van der Waals surface area contributed by atoms with Crippen LogP contribution in [0.4, 0.5) is 0 Å². The van der Waals surface area contributed by atoms with Gasteiger partial charge in [-0.05, 0) is 24.1 Å². The van der Waals surface area contributed by atoms with Crippen molar-refractivity contribution in [2.45, 2.75) is 13.0 Å². The van der Waals surface area contributed by atoms with Gasteiger partial charge in [-0.3, -0.25) is 4.99 Å². The molecule has 3 rings (SSSR count). The molecule has 1 aliphatic heterocycles. The smallest absolute Gasteiger partial charge is 0.193 e. The summed E-state index contributed by atoms with van der Waals surface area (Å²) in [6.45, 7) is 3.39. The van der Waals surface area contributed by atoms with Gasteiger partial charge in [-0.2, -0.15) is 5.10 Å². The number of hydrogen-bond donors (Lipinski definition) is 1. The summed E-state index contributed by atoms with van der Waals surface area (Å²) in [6, 6.07) is 8.22. The molecule has 2 heterocycles. The lowest BCUT2D eigenvalue weighted by molar-refractivity contribution is 0.181. The maximum Gasteiger partial charge on any atom is 0.193 e. The van der Waals surface area contributed by atoms with Crippen LogP contribution in [0.5, 0.6) is 0 Å². The third-order valence-electron chi connectivity index (χ3n) is 4.17. The first-order valence-electron chi connectivity index (χ1n) is 8.19. The average molecular weight is 328 g/mol. The third kappa shape index (κ3) is 4.11. The quantitative estimate of drug-likeness (QED) is 0.662. The van der Waals surface area contributed by atoms with Gasteiger partial charge in [-0.25, -0.2) is 9.67 Å². The van der Waals surface area contributed by atoms with Crippen LogP contribution in [0.1, 0.15) is 12.0 Å². The fourth-order valence-corrected chi connectivity index (χ4v) is 2.92. The summed E-state index contributed by atoms with van der Waals surface area (Å²) in [4.78, 5) is 10.5. The van der Waals surface area contributed by atoms with E-state index in [9.17, 15) is 0 Å². The van der Waals surface area contributed by atoms with Crippen molar-refractivity contribution in [3.05, 3.63) is 42.5 Å². The van der Waals surface area contributed by atoms with Crippen LogP contribution in [0.3, 0.4) is 0 Å². The molecule has 0 aliphatic carbocycles. The van der Waals surface area contributed by atoms with Crippen molar-refractivity contribution in [1.82, 2.24) is 25.0 Å². The number of ether oxygens (including phenoxy) is 1. The maximum atomic E-state index is 5.45. The van der Waals surface area contributed by atoms with Gasteiger partial charge in [0.2, 0.25) is 0 Å². The molecule has 1 unspecified atom stereocenters. The molecular formula is C17H24N6O. The standard InChI is InChI=1S/C17H24N6O/c1-18-17(22(2)10-15-6-7-24-11-15)20-9-14-4-3-5-16(8-14)23-13-19-12-21-23/h3-5,8,12-13,15H,6-7,9-11H2,1-2H3,(H,18,20). The maximum absolute atomic E-state index is 5.45. The van der Waals surface area contributed by atoms with Crippen LogP contribution in [0.15, 0.2) is 41.9 Å². The number of hydrogen-bond acceptors (Lipinski definition) is 4. The second-order valence-electron chi connectivity index (χ2n) is 6.02. The Labute approximate surface area is 142 Å². The molecule has 0 bridgehead atoms. The Morgan fingerprint density at radius 1 is 1.50 bits per heavy atom. The lowest BCUT2D eigenvalue weighted by Gasteiger charge is -2.24. The molecule has 1 aromatic carbocycles. The third-order valence-corrected chi connectivity index (χ3v) is 4.17. The molecule has 24 heavy (non-hydrogen) atoms. The molecule has 7 nitrogen and oxygen atoms in total. The van der Waals surface area contributed by atoms with E-state index in [2.05, 4.69) is 44.5 Å². The van der Waals surface area contributed by atoms with Crippen molar-refractivity contribution in [1.29, 1.82) is 0 Å². The summed E-state index contributed by atoms with van der Waals surface area (Å²) < 4.78 is 7.20. The van der Waals surface area contributed by atoms with Gasteiger partial charge in [0.15, 0.2) is 5.96 Å². The van der Waals surface area contributed by atoms with Crippen LogP contribution in [-0.4, -0.2) is 59.5 Å². The van der Waals surface area contributed by atoms with Gasteiger partial charge in [0, 0.05) is 39.7 Å². The largest absolute Gasteiger partial charge is 0.381 e. The van der Waals surface area contributed by atoms with Crippen LogP contribution in [0.25, 0.3) is 5.69 Å². The van der Waals surface area contributed by atoms with E-state index >= 15 is 0 Å². The van der Waals surface area contributed by atoms with Gasteiger partial charge in [0.05, 0.1) is 12.3 Å². The van der Waals surface area contributed by atoms with Crippen molar-refractivity contribution in [3.63, 3.8) is 0 Å². The monoisotopic (exact) mass is 328 g/mol. The number of guanidine groups is 1. The Morgan fingerprint density at radius 3 is 3.12 bits per heavy atom. The lowest BCUT2D eigenvalue weighted by Crippen LogP contribution is -2.41. The topological polar surface area (TPSA) is 67.6 Å². The van der Waals surface area contributed by atoms with Crippen molar-refractivity contribution < 1.29 is 4.74 Å². The van der Waals surface area contributed by atoms with Crippen LogP contribution in [-0.2, 0) is 11.3 Å². The van der Waals surface area contributed by atoms with Gasteiger partial charge < -0.3 is 15.0 Å². The molecule has 1 saturated heterocycles. The molecule has 1 aliphatic rings. The number of aromatic nitrogens is 3. The Kier molecular flexibility index (Phi) is 5.43. The Bertz CT molecular complexity index is 663. The Hall–Kier alpha value is -2.41. The SMILES string of the molecule is CN=C(NCc1cccc(-n2cncn2)c1)N(C)CC1CCOC1. The van der Waals surface area contributed by atoms with E-state index in [4.69, 9.17) is 4.74 Å². The van der Waals surface area contributed by atoms with E-state index in [-0.39, 0.29) is 0 Å². The highest BCUT2D eigenvalue weighted by atomic mass is 16.5. The van der Waals surface area contributed by atoms with Crippen LogP contribution in [0, 0.1) is 5.92 Å². The summed E-state index contributed by atoms with van der Waals surface area (Å²) >= 11 is 0. The molecule has 0 amide bonds. The van der Waals surface area contributed by atoms with Crippen molar-refractivity contribution in [3.8, 4) is 5.69 Å². The van der Waals surface area contributed by atoms with Crippen molar-refractivity contribution in [2.75, 3.05) is 33.9 Å². The Morgan fingerprint density at radius 2 is 2.42 bits per heavy atom. The zero-order valence-corrected chi connectivity index (χ0v) is 14.2. The highest BCUT2D eigenvalue weighted by Crippen LogP contribution is 2.13. The van der Waals surface area contributed by atoms with E-state index in [1.165, 1.54) is 11.9 Å². The second kappa shape index (κ2) is 7.92. The van der Waals surface area contributed by atoms with Gasteiger partial charge in [-0.1, -0.05) is 12.1 Å². The van der Waals surface area contributed by atoms with E-state index < -0.39 is 0 Å². The first kappa shape index (κ1) is 16.4. The summed E-state index contributed by atoms with van der Waals surface area (Å²) in [5.74, 6) is 1.48. The first-order chi connectivity index (χ1) is 11.8. The number of benzene rings is 1. The summed E-state index contributed by atoms with van der Waals surface area (Å²) in [5.41, 5.74) is 2.17. The minimum Gasteiger partial charge on any atom is -0.381 e. The average Bonchev–Trinajstić information content (AvgIpc) is 3.29. The lowest BCUT2D eigenvalue weighted by atomic mass is 10.1. The van der Waals surface area contributed by atoms with E-state index in [1.807, 2.05) is 19.2 Å². The van der Waals surface area contributed by atoms with E-state index in [1.54, 1.807) is 11.0 Å². The number of nitrogens with zero attached hydrogens (tertiary/aromatic N) is 5. The molecule has 7 heteroatoms. The second-order valence-corrected chi connectivity index (χ2v) is 6.02. The molecule has 1 aromatic heterocycles. The fraction of sp³-hybridized carbons (Fsp3) is 0.471. The molecule has 0 spiro atoms. The zero-order chi connectivity index (χ0) is 16.8. The fourth-order valence-electron chi connectivity index (χ4n) is 2.92. The van der Waals surface area contributed by atoms with Crippen LogP contribution in [0.2, 0.25) is 0 Å². The zero-order valence-electron chi connectivity index (χ0n) is 14.2. The minimum absolute atomic E-state index is 0.587. The van der Waals surface area contributed by atoms with Gasteiger partial charge in [0.25, 0.3) is 0 Å². The predicted octanol–water partition coefficient (Wildman–Crippen LogP) is 1.31. The van der Waals surface area contributed by atoms with Gasteiger partial charge in [-0.15, -0.1) is 0 Å².